The fourth-order valence-electron chi connectivity index (χ4n) is 2.45. The van der Waals surface area contributed by atoms with Crippen molar-refractivity contribution >= 4 is 0 Å². The van der Waals surface area contributed by atoms with Crippen molar-refractivity contribution in [3.63, 3.8) is 0 Å². The number of hydrogen-bond donors (Lipinski definition) is 0. The van der Waals surface area contributed by atoms with Gasteiger partial charge in [0, 0.05) is 12.6 Å². The molecule has 118 valence electrons. The van der Waals surface area contributed by atoms with E-state index < -0.39 is 0 Å². The molecule has 0 saturated heterocycles. The molecule has 1 aromatic heterocycles. The summed E-state index contributed by atoms with van der Waals surface area (Å²) >= 11 is 0. The first-order valence-electron chi connectivity index (χ1n) is 7.48. The van der Waals surface area contributed by atoms with Crippen molar-refractivity contribution in [2.45, 2.75) is 20.0 Å². The maximum absolute atomic E-state index is 12.2. The van der Waals surface area contributed by atoms with Crippen molar-refractivity contribution in [2.75, 3.05) is 0 Å². The number of nitrogens with zero attached hydrogens (tertiary/aromatic N) is 4. The monoisotopic (exact) mass is 310 g/mol. The summed E-state index contributed by atoms with van der Waals surface area (Å²) in [6.07, 6.45) is 0.844. The molecule has 0 aliphatic rings. The fourth-order valence-corrected chi connectivity index (χ4v) is 2.45. The van der Waals surface area contributed by atoms with Crippen molar-refractivity contribution in [2.24, 2.45) is 7.05 Å². The summed E-state index contributed by atoms with van der Waals surface area (Å²) < 4.78 is 8.39. The molecule has 0 aliphatic carbocycles. The molecular weight excluding hydrogens is 292 g/mol. The van der Waals surface area contributed by atoms with Gasteiger partial charge in [-0.2, -0.15) is 9.36 Å². The average molecular weight is 310 g/mol. The van der Waals surface area contributed by atoms with Gasteiger partial charge in [-0.1, -0.05) is 37.3 Å². The van der Waals surface area contributed by atoms with E-state index in [9.17, 15) is 4.79 Å². The molecule has 0 atom stereocenters. The van der Waals surface area contributed by atoms with E-state index in [1.54, 1.807) is 7.05 Å². The van der Waals surface area contributed by atoms with E-state index in [1.165, 1.54) is 9.36 Å². The maximum atomic E-state index is 12.2. The Bertz CT molecular complexity index is 853. The molecule has 2 aromatic carbocycles. The summed E-state index contributed by atoms with van der Waals surface area (Å²) in [6.45, 7) is 2.44. The van der Waals surface area contributed by atoms with Crippen molar-refractivity contribution in [1.29, 1.82) is 0 Å². The minimum absolute atomic E-state index is 0.279. The highest BCUT2D eigenvalue weighted by Crippen LogP contribution is 2.21. The second-order valence-corrected chi connectivity index (χ2v) is 5.17. The molecule has 0 N–H and O–H groups in total. The third-order valence-corrected chi connectivity index (χ3v) is 3.71. The average Bonchev–Trinajstić information content (AvgIpc) is 2.92. The topological polar surface area (TPSA) is 61.9 Å². The van der Waals surface area contributed by atoms with Gasteiger partial charge in [0.05, 0.1) is 5.69 Å². The van der Waals surface area contributed by atoms with Crippen LogP contribution in [0.15, 0.2) is 53.3 Å². The van der Waals surface area contributed by atoms with Crippen LogP contribution < -0.4 is 10.4 Å². The van der Waals surface area contributed by atoms with Gasteiger partial charge in [0.2, 0.25) is 0 Å². The Morgan fingerprint density at radius 1 is 1.04 bits per heavy atom. The molecule has 6 nitrogen and oxygen atoms in total. The van der Waals surface area contributed by atoms with Crippen LogP contribution in [0.3, 0.4) is 0 Å². The molecule has 6 heteroatoms. The second-order valence-electron chi connectivity index (χ2n) is 5.17. The largest absolute Gasteiger partial charge is 0.489 e. The predicted octanol–water partition coefficient (Wildman–Crippen LogP) is 2.11. The number of benzene rings is 2. The molecule has 0 bridgehead atoms. The highest BCUT2D eigenvalue weighted by Gasteiger charge is 2.14. The summed E-state index contributed by atoms with van der Waals surface area (Å²) in [5, 5.41) is 7.72. The van der Waals surface area contributed by atoms with Gasteiger partial charge in [-0.3, -0.25) is 0 Å². The minimum Gasteiger partial charge on any atom is -0.489 e. The summed E-state index contributed by atoms with van der Waals surface area (Å²) in [4.78, 5) is 12.2. The SMILES string of the molecule is CCc1cccc(-n2nnn(C)c2=O)c1COc1ccccc1. The Morgan fingerprint density at radius 3 is 2.48 bits per heavy atom. The van der Waals surface area contributed by atoms with Crippen molar-refractivity contribution < 1.29 is 4.74 Å². The third kappa shape index (κ3) is 3.01. The first kappa shape index (κ1) is 15.0. The van der Waals surface area contributed by atoms with Crippen LogP contribution in [0.25, 0.3) is 5.69 Å². The number of ether oxygens (including phenoxy) is 1. The Labute approximate surface area is 133 Å². The van der Waals surface area contributed by atoms with Crippen molar-refractivity contribution in [3.8, 4) is 11.4 Å². The van der Waals surface area contributed by atoms with Gasteiger partial charge in [-0.15, -0.1) is 0 Å². The zero-order valence-corrected chi connectivity index (χ0v) is 13.1. The molecule has 0 aliphatic heterocycles. The highest BCUT2D eigenvalue weighted by molar-refractivity contribution is 5.45. The highest BCUT2D eigenvalue weighted by atomic mass is 16.5. The predicted molar refractivity (Wildman–Crippen MR) is 86.8 cm³/mol. The van der Waals surface area contributed by atoms with E-state index in [4.69, 9.17) is 4.74 Å². The maximum Gasteiger partial charge on any atom is 0.368 e. The first-order valence-corrected chi connectivity index (χ1v) is 7.48. The lowest BCUT2D eigenvalue weighted by Crippen LogP contribution is -2.23. The Kier molecular flexibility index (Phi) is 4.23. The van der Waals surface area contributed by atoms with E-state index in [0.717, 1.165) is 23.3 Å². The Balaban J connectivity index is 2.00. The Morgan fingerprint density at radius 2 is 1.83 bits per heavy atom. The van der Waals surface area contributed by atoms with Gasteiger partial charge in [0.25, 0.3) is 0 Å². The van der Waals surface area contributed by atoms with Gasteiger partial charge < -0.3 is 4.74 Å². The van der Waals surface area contributed by atoms with Crippen LogP contribution >= 0.6 is 0 Å². The summed E-state index contributed by atoms with van der Waals surface area (Å²) in [6, 6.07) is 15.4. The second kappa shape index (κ2) is 6.48. The van der Waals surface area contributed by atoms with Crippen LogP contribution in [0.1, 0.15) is 18.1 Å². The quantitative estimate of drug-likeness (QED) is 0.724. The molecule has 0 radical (unpaired) electrons. The standard InChI is InChI=1S/C17H18N4O2/c1-3-13-8-7-11-16(21-17(22)20(2)18-19-21)15(13)12-23-14-9-5-4-6-10-14/h4-11H,3,12H2,1-2H3. The lowest BCUT2D eigenvalue weighted by atomic mass is 10.0. The number of aryl methyl sites for hydroxylation is 2. The smallest absolute Gasteiger partial charge is 0.368 e. The lowest BCUT2D eigenvalue weighted by molar-refractivity contribution is 0.304. The van der Waals surface area contributed by atoms with E-state index in [2.05, 4.69) is 17.4 Å². The molecule has 0 unspecified atom stereocenters. The number of hydrogen-bond acceptors (Lipinski definition) is 4. The van der Waals surface area contributed by atoms with Gasteiger partial charge in [0.1, 0.15) is 12.4 Å². The summed E-state index contributed by atoms with van der Waals surface area (Å²) in [7, 11) is 1.58. The minimum atomic E-state index is -0.279. The number of rotatable bonds is 5. The molecule has 23 heavy (non-hydrogen) atoms. The Hall–Kier alpha value is -2.89. The third-order valence-electron chi connectivity index (χ3n) is 3.71. The van der Waals surface area contributed by atoms with Crippen LogP contribution in [0.2, 0.25) is 0 Å². The van der Waals surface area contributed by atoms with E-state index in [1.807, 2.05) is 48.5 Å². The summed E-state index contributed by atoms with van der Waals surface area (Å²) in [5.74, 6) is 0.788. The molecule has 1 heterocycles. The van der Waals surface area contributed by atoms with Gasteiger partial charge >= 0.3 is 5.69 Å². The van der Waals surface area contributed by atoms with Crippen LogP contribution in [0.4, 0.5) is 0 Å². The van der Waals surface area contributed by atoms with Gasteiger partial charge in [0.15, 0.2) is 0 Å². The van der Waals surface area contributed by atoms with Gasteiger partial charge in [-0.25, -0.2) is 4.79 Å². The molecule has 0 amide bonds. The van der Waals surface area contributed by atoms with Crippen LogP contribution in [0, 0.1) is 0 Å². The van der Waals surface area contributed by atoms with Crippen molar-refractivity contribution in [3.05, 3.63) is 70.1 Å². The molecular formula is C17H18N4O2. The zero-order chi connectivity index (χ0) is 16.2. The molecule has 3 aromatic rings. The molecule has 0 saturated carbocycles. The zero-order valence-electron chi connectivity index (χ0n) is 13.1. The number of tetrazole rings is 1. The molecule has 0 spiro atoms. The number of para-hydroxylation sites is 1. The van der Waals surface area contributed by atoms with Crippen LogP contribution in [0.5, 0.6) is 5.75 Å². The van der Waals surface area contributed by atoms with E-state index in [-0.39, 0.29) is 5.69 Å². The van der Waals surface area contributed by atoms with Crippen LogP contribution in [-0.2, 0) is 20.1 Å². The molecule has 0 fully saturated rings. The summed E-state index contributed by atoms with van der Waals surface area (Å²) in [5.41, 5.74) is 2.50. The van der Waals surface area contributed by atoms with Gasteiger partial charge in [-0.05, 0) is 40.6 Å². The first-order chi connectivity index (χ1) is 11.2. The molecule has 3 rings (SSSR count). The normalized spacial score (nSPS) is 10.7. The van der Waals surface area contributed by atoms with Crippen molar-refractivity contribution in [1.82, 2.24) is 19.8 Å². The van der Waals surface area contributed by atoms with Crippen LogP contribution in [-0.4, -0.2) is 19.8 Å². The van der Waals surface area contributed by atoms with E-state index in [0.29, 0.717) is 12.3 Å². The lowest BCUT2D eigenvalue weighted by Gasteiger charge is -2.14. The fraction of sp³-hybridized carbons (Fsp3) is 0.235. The number of aromatic nitrogens is 4. The van der Waals surface area contributed by atoms with E-state index >= 15 is 0 Å².